The van der Waals surface area contributed by atoms with Gasteiger partial charge >= 0.3 is 5.97 Å². The molecule has 0 spiro atoms. The molecule has 1 aromatic carbocycles. The first-order valence-electron chi connectivity index (χ1n) is 8.25. The largest absolute Gasteiger partial charge is 0.490 e. The number of hydrogen-bond donors (Lipinski definition) is 1. The Labute approximate surface area is 132 Å². The molecule has 122 valence electrons. The van der Waals surface area contributed by atoms with E-state index in [1.165, 1.54) is 5.56 Å². The maximum atomic E-state index is 10.8. The molecular formula is C18H26O4. The number of hydrogen-bond acceptors (Lipinski definition) is 3. The van der Waals surface area contributed by atoms with Gasteiger partial charge in [0.15, 0.2) is 11.5 Å². The minimum absolute atomic E-state index is 0.306. The highest BCUT2D eigenvalue weighted by Crippen LogP contribution is 2.40. The summed E-state index contributed by atoms with van der Waals surface area (Å²) in [5.41, 5.74) is 1.28. The Morgan fingerprint density at radius 3 is 2.32 bits per heavy atom. The molecule has 0 aliphatic heterocycles. The van der Waals surface area contributed by atoms with E-state index in [1.807, 2.05) is 19.9 Å². The van der Waals surface area contributed by atoms with Gasteiger partial charge in [-0.2, -0.15) is 0 Å². The van der Waals surface area contributed by atoms with Crippen molar-refractivity contribution in [2.45, 2.75) is 51.9 Å². The third kappa shape index (κ3) is 4.39. The van der Waals surface area contributed by atoms with Crippen molar-refractivity contribution in [3.05, 3.63) is 23.8 Å². The Kier molecular flexibility index (Phi) is 6.10. The Bertz CT molecular complexity index is 490. The van der Waals surface area contributed by atoms with Crippen LogP contribution in [0.1, 0.15) is 57.4 Å². The van der Waals surface area contributed by atoms with Gasteiger partial charge in [-0.15, -0.1) is 0 Å². The molecule has 0 saturated heterocycles. The van der Waals surface area contributed by atoms with Gasteiger partial charge in [0.25, 0.3) is 0 Å². The summed E-state index contributed by atoms with van der Waals surface area (Å²) < 4.78 is 11.3. The van der Waals surface area contributed by atoms with Crippen LogP contribution in [0.3, 0.4) is 0 Å². The topological polar surface area (TPSA) is 55.8 Å². The van der Waals surface area contributed by atoms with E-state index in [0.717, 1.165) is 37.2 Å². The lowest BCUT2D eigenvalue weighted by atomic mass is 9.77. The third-order valence-electron chi connectivity index (χ3n) is 4.35. The van der Waals surface area contributed by atoms with E-state index < -0.39 is 5.97 Å². The Hall–Kier alpha value is -1.71. The molecule has 0 bridgehead atoms. The molecule has 2 rings (SSSR count). The van der Waals surface area contributed by atoms with Crippen LogP contribution in [0.4, 0.5) is 0 Å². The molecule has 1 fully saturated rings. The predicted octanol–water partition coefficient (Wildman–Crippen LogP) is 4.23. The van der Waals surface area contributed by atoms with Crippen molar-refractivity contribution >= 4 is 5.97 Å². The number of carboxylic acids is 1. The van der Waals surface area contributed by atoms with Gasteiger partial charge in [-0.1, -0.05) is 6.07 Å². The standard InChI is InChI=1S/C18H26O4/c1-3-21-16-10-9-15(12-17(16)22-4-2)14-7-5-13(6-8-14)11-18(19)20/h9-10,12-14H,3-8,11H2,1-2H3,(H,19,20). The number of carboxylic acid groups (broad SMARTS) is 1. The van der Waals surface area contributed by atoms with E-state index in [4.69, 9.17) is 14.6 Å². The fourth-order valence-corrected chi connectivity index (χ4v) is 3.27. The van der Waals surface area contributed by atoms with Gasteiger partial charge in [-0.05, 0) is 69.1 Å². The first-order valence-corrected chi connectivity index (χ1v) is 8.25. The van der Waals surface area contributed by atoms with E-state index in [0.29, 0.717) is 31.5 Å². The first-order chi connectivity index (χ1) is 10.6. The van der Waals surface area contributed by atoms with Crippen molar-refractivity contribution in [3.63, 3.8) is 0 Å². The van der Waals surface area contributed by atoms with Crippen LogP contribution in [0.5, 0.6) is 11.5 Å². The second-order valence-electron chi connectivity index (χ2n) is 5.89. The zero-order chi connectivity index (χ0) is 15.9. The molecule has 4 heteroatoms. The fraction of sp³-hybridized carbons (Fsp3) is 0.611. The molecule has 4 nitrogen and oxygen atoms in total. The Morgan fingerprint density at radius 2 is 1.73 bits per heavy atom. The van der Waals surface area contributed by atoms with Gasteiger partial charge in [0.1, 0.15) is 0 Å². The van der Waals surface area contributed by atoms with Crippen LogP contribution in [-0.2, 0) is 4.79 Å². The summed E-state index contributed by atoms with van der Waals surface area (Å²) in [4.78, 5) is 10.8. The van der Waals surface area contributed by atoms with Crippen LogP contribution in [0.25, 0.3) is 0 Å². The highest BCUT2D eigenvalue weighted by atomic mass is 16.5. The van der Waals surface area contributed by atoms with E-state index in [9.17, 15) is 4.79 Å². The summed E-state index contributed by atoms with van der Waals surface area (Å²) in [5.74, 6) is 1.77. The van der Waals surface area contributed by atoms with Crippen LogP contribution < -0.4 is 9.47 Å². The molecule has 0 unspecified atom stereocenters. The van der Waals surface area contributed by atoms with Gasteiger partial charge in [-0.3, -0.25) is 4.79 Å². The third-order valence-corrected chi connectivity index (χ3v) is 4.35. The molecule has 0 atom stereocenters. The fourth-order valence-electron chi connectivity index (χ4n) is 3.27. The summed E-state index contributed by atoms with van der Waals surface area (Å²) in [6.45, 7) is 5.18. The zero-order valence-corrected chi connectivity index (χ0v) is 13.5. The van der Waals surface area contributed by atoms with Gasteiger partial charge < -0.3 is 14.6 Å². The number of ether oxygens (including phenoxy) is 2. The highest BCUT2D eigenvalue weighted by Gasteiger charge is 2.24. The molecule has 0 aromatic heterocycles. The van der Waals surface area contributed by atoms with E-state index in [-0.39, 0.29) is 0 Å². The van der Waals surface area contributed by atoms with Crippen LogP contribution in [0, 0.1) is 5.92 Å². The lowest BCUT2D eigenvalue weighted by Crippen LogP contribution is -2.16. The summed E-state index contributed by atoms with van der Waals surface area (Å²) in [6.07, 6.45) is 4.40. The smallest absolute Gasteiger partial charge is 0.303 e. The van der Waals surface area contributed by atoms with E-state index in [2.05, 4.69) is 12.1 Å². The molecular weight excluding hydrogens is 280 g/mol. The van der Waals surface area contributed by atoms with Crippen molar-refractivity contribution in [3.8, 4) is 11.5 Å². The van der Waals surface area contributed by atoms with Crippen molar-refractivity contribution in [2.24, 2.45) is 5.92 Å². The molecule has 22 heavy (non-hydrogen) atoms. The second kappa shape index (κ2) is 8.06. The minimum atomic E-state index is -0.678. The van der Waals surface area contributed by atoms with E-state index in [1.54, 1.807) is 0 Å². The molecule has 1 N–H and O–H groups in total. The lowest BCUT2D eigenvalue weighted by molar-refractivity contribution is -0.138. The number of aliphatic carboxylic acids is 1. The van der Waals surface area contributed by atoms with Crippen LogP contribution in [0.15, 0.2) is 18.2 Å². The van der Waals surface area contributed by atoms with E-state index >= 15 is 0 Å². The normalized spacial score (nSPS) is 21.4. The quantitative estimate of drug-likeness (QED) is 0.819. The highest BCUT2D eigenvalue weighted by molar-refractivity contribution is 5.67. The van der Waals surface area contributed by atoms with Crippen LogP contribution >= 0.6 is 0 Å². The van der Waals surface area contributed by atoms with Crippen molar-refractivity contribution in [1.82, 2.24) is 0 Å². The summed E-state index contributed by atoms with van der Waals surface area (Å²) in [6, 6.07) is 6.21. The maximum Gasteiger partial charge on any atom is 0.303 e. The molecule has 1 aliphatic carbocycles. The van der Waals surface area contributed by atoms with Crippen molar-refractivity contribution in [1.29, 1.82) is 0 Å². The van der Waals surface area contributed by atoms with Crippen LogP contribution in [-0.4, -0.2) is 24.3 Å². The lowest BCUT2D eigenvalue weighted by Gasteiger charge is -2.28. The summed E-state index contributed by atoms with van der Waals surface area (Å²) >= 11 is 0. The zero-order valence-electron chi connectivity index (χ0n) is 13.5. The summed E-state index contributed by atoms with van der Waals surface area (Å²) in [5, 5.41) is 8.89. The molecule has 1 aliphatic rings. The molecule has 0 amide bonds. The molecule has 1 saturated carbocycles. The van der Waals surface area contributed by atoms with Gasteiger partial charge in [0.05, 0.1) is 13.2 Å². The minimum Gasteiger partial charge on any atom is -0.490 e. The Balaban J connectivity index is 2.03. The van der Waals surface area contributed by atoms with Crippen molar-refractivity contribution in [2.75, 3.05) is 13.2 Å². The number of carbonyl (C=O) groups is 1. The van der Waals surface area contributed by atoms with Gasteiger partial charge in [-0.25, -0.2) is 0 Å². The van der Waals surface area contributed by atoms with Gasteiger partial charge in [0, 0.05) is 6.42 Å². The number of benzene rings is 1. The Morgan fingerprint density at radius 1 is 1.09 bits per heavy atom. The molecule has 0 heterocycles. The summed E-state index contributed by atoms with van der Waals surface area (Å²) in [7, 11) is 0. The van der Waals surface area contributed by atoms with Gasteiger partial charge in [0.2, 0.25) is 0 Å². The molecule has 0 radical (unpaired) electrons. The SMILES string of the molecule is CCOc1ccc(C2CCC(CC(=O)O)CC2)cc1OCC. The monoisotopic (exact) mass is 306 g/mol. The molecule has 1 aromatic rings. The average molecular weight is 306 g/mol. The van der Waals surface area contributed by atoms with Crippen LogP contribution in [0.2, 0.25) is 0 Å². The van der Waals surface area contributed by atoms with Crippen molar-refractivity contribution < 1.29 is 19.4 Å². The average Bonchev–Trinajstić information content (AvgIpc) is 2.50. The number of rotatable bonds is 7. The first kappa shape index (κ1) is 16.7. The maximum absolute atomic E-state index is 10.8. The predicted molar refractivity (Wildman–Crippen MR) is 85.7 cm³/mol. The second-order valence-corrected chi connectivity index (χ2v) is 5.89.